The molecular weight excluding hydrogens is 241 g/mol. The predicted octanol–water partition coefficient (Wildman–Crippen LogP) is 2.86. The van der Waals surface area contributed by atoms with Crippen LogP contribution in [0.5, 0.6) is 0 Å². The number of benzene rings is 1. The van der Waals surface area contributed by atoms with Crippen LogP contribution in [0, 0.1) is 5.82 Å². The molecule has 4 heteroatoms. The van der Waals surface area contributed by atoms with Crippen molar-refractivity contribution in [3.8, 4) is 0 Å². The van der Waals surface area contributed by atoms with E-state index in [0.29, 0.717) is 6.42 Å². The number of hydrogen-bond acceptors (Lipinski definition) is 2. The smallest absolute Gasteiger partial charge is 0.141 e. The molecule has 0 saturated heterocycles. The minimum Gasteiger partial charge on any atom is -0.396 e. The summed E-state index contributed by atoms with van der Waals surface area (Å²) in [7, 11) is 0. The molecule has 0 aliphatic heterocycles. The zero-order chi connectivity index (χ0) is 13.1. The molecule has 0 aliphatic rings. The Labute approximate surface area is 107 Å². The summed E-state index contributed by atoms with van der Waals surface area (Å²) in [4.78, 5) is 0. The summed E-state index contributed by atoms with van der Waals surface area (Å²) in [5.41, 5.74) is 6.59. The number of hydrogen-bond donors (Lipinski definition) is 2. The third kappa shape index (κ3) is 2.97. The Hall–Kier alpha value is -0.640. The lowest BCUT2D eigenvalue weighted by molar-refractivity contribution is 0.223. The summed E-state index contributed by atoms with van der Waals surface area (Å²) < 4.78 is 13.1. The number of nitrogens with two attached hydrogens (primary N) is 1. The van der Waals surface area contributed by atoms with E-state index in [1.165, 1.54) is 6.07 Å². The van der Waals surface area contributed by atoms with Gasteiger partial charge >= 0.3 is 0 Å². The zero-order valence-electron chi connectivity index (χ0n) is 10.2. The van der Waals surface area contributed by atoms with Gasteiger partial charge in [0.05, 0.1) is 5.02 Å². The maximum Gasteiger partial charge on any atom is 0.141 e. The van der Waals surface area contributed by atoms with E-state index in [-0.39, 0.29) is 23.1 Å². The normalized spacial score (nSPS) is 16.6. The standard InChI is InChI=1S/C13H19ClFNO/c1-3-12(16)13(2,6-7-17)9-4-5-11(15)10(14)8-9/h4-5,8,12,17H,3,6-7,16H2,1-2H3. The molecule has 0 spiro atoms. The largest absolute Gasteiger partial charge is 0.396 e. The molecule has 1 rings (SSSR count). The first kappa shape index (κ1) is 14.4. The number of rotatable bonds is 5. The fourth-order valence-electron chi connectivity index (χ4n) is 2.08. The second-order valence-electron chi connectivity index (χ2n) is 4.53. The van der Waals surface area contributed by atoms with Gasteiger partial charge < -0.3 is 10.8 Å². The van der Waals surface area contributed by atoms with Gasteiger partial charge in [-0.15, -0.1) is 0 Å². The fourth-order valence-corrected chi connectivity index (χ4v) is 2.26. The molecule has 2 atom stereocenters. The van der Waals surface area contributed by atoms with Crippen molar-refractivity contribution in [2.75, 3.05) is 6.61 Å². The van der Waals surface area contributed by atoms with Gasteiger partial charge in [0.15, 0.2) is 0 Å². The summed E-state index contributed by atoms with van der Waals surface area (Å²) in [6.07, 6.45) is 1.31. The highest BCUT2D eigenvalue weighted by atomic mass is 35.5. The summed E-state index contributed by atoms with van der Waals surface area (Å²) in [5.74, 6) is -0.438. The minimum absolute atomic E-state index is 0.0409. The van der Waals surface area contributed by atoms with Gasteiger partial charge in [0, 0.05) is 18.1 Å². The molecule has 0 amide bonds. The molecule has 3 N–H and O–H groups in total. The molecule has 0 saturated carbocycles. The van der Waals surface area contributed by atoms with Gasteiger partial charge in [-0.05, 0) is 30.5 Å². The van der Waals surface area contributed by atoms with E-state index < -0.39 is 5.82 Å². The zero-order valence-corrected chi connectivity index (χ0v) is 11.0. The van der Waals surface area contributed by atoms with Crippen molar-refractivity contribution in [2.45, 2.75) is 38.1 Å². The Morgan fingerprint density at radius 2 is 2.18 bits per heavy atom. The van der Waals surface area contributed by atoms with E-state index in [2.05, 4.69) is 0 Å². The number of halogens is 2. The Kier molecular flexibility index (Phi) is 4.92. The average molecular weight is 260 g/mol. The van der Waals surface area contributed by atoms with Gasteiger partial charge in [-0.2, -0.15) is 0 Å². The molecule has 2 nitrogen and oxygen atoms in total. The highest BCUT2D eigenvalue weighted by Gasteiger charge is 2.32. The van der Waals surface area contributed by atoms with E-state index in [9.17, 15) is 4.39 Å². The first-order chi connectivity index (χ1) is 7.95. The van der Waals surface area contributed by atoms with Gasteiger partial charge in [0.1, 0.15) is 5.82 Å². The van der Waals surface area contributed by atoms with Crippen molar-refractivity contribution in [2.24, 2.45) is 5.73 Å². The highest BCUT2D eigenvalue weighted by Crippen LogP contribution is 2.33. The minimum atomic E-state index is -0.438. The SMILES string of the molecule is CCC(N)C(C)(CCO)c1ccc(F)c(Cl)c1. The molecule has 0 radical (unpaired) electrons. The summed E-state index contributed by atoms with van der Waals surface area (Å²) in [5, 5.41) is 9.26. The average Bonchev–Trinajstić information content (AvgIpc) is 2.31. The van der Waals surface area contributed by atoms with E-state index in [4.69, 9.17) is 22.4 Å². The van der Waals surface area contributed by atoms with Crippen LogP contribution in [0.4, 0.5) is 4.39 Å². The van der Waals surface area contributed by atoms with Gasteiger partial charge in [0.25, 0.3) is 0 Å². The van der Waals surface area contributed by atoms with Crippen molar-refractivity contribution >= 4 is 11.6 Å². The maximum absolute atomic E-state index is 13.1. The summed E-state index contributed by atoms with van der Waals surface area (Å²) in [6.45, 7) is 4.01. The van der Waals surface area contributed by atoms with Crippen molar-refractivity contribution in [1.82, 2.24) is 0 Å². The van der Waals surface area contributed by atoms with Crippen LogP contribution >= 0.6 is 11.6 Å². The Balaban J connectivity index is 3.17. The quantitative estimate of drug-likeness (QED) is 0.854. The van der Waals surface area contributed by atoms with Crippen molar-refractivity contribution in [3.63, 3.8) is 0 Å². The number of aliphatic hydroxyl groups excluding tert-OH is 1. The van der Waals surface area contributed by atoms with E-state index in [0.717, 1.165) is 12.0 Å². The second-order valence-corrected chi connectivity index (χ2v) is 4.94. The molecule has 2 unspecified atom stereocenters. The Bertz CT molecular complexity index is 386. The van der Waals surface area contributed by atoms with Crippen molar-refractivity contribution in [3.05, 3.63) is 34.6 Å². The fraction of sp³-hybridized carbons (Fsp3) is 0.538. The third-order valence-electron chi connectivity index (χ3n) is 3.47. The van der Waals surface area contributed by atoms with Crippen LogP contribution in [0.2, 0.25) is 5.02 Å². The van der Waals surface area contributed by atoms with Crippen LogP contribution in [0.25, 0.3) is 0 Å². The lowest BCUT2D eigenvalue weighted by Crippen LogP contribution is -2.43. The molecule has 96 valence electrons. The van der Waals surface area contributed by atoms with E-state index in [1.807, 2.05) is 13.8 Å². The van der Waals surface area contributed by atoms with Gasteiger partial charge in [-0.25, -0.2) is 4.39 Å². The molecule has 17 heavy (non-hydrogen) atoms. The van der Waals surface area contributed by atoms with Gasteiger partial charge in [0.2, 0.25) is 0 Å². The monoisotopic (exact) mass is 259 g/mol. The molecule has 0 heterocycles. The Morgan fingerprint density at radius 1 is 1.53 bits per heavy atom. The molecule has 0 fully saturated rings. The van der Waals surface area contributed by atoms with Gasteiger partial charge in [-0.1, -0.05) is 31.5 Å². The van der Waals surface area contributed by atoms with Crippen molar-refractivity contribution in [1.29, 1.82) is 0 Å². The topological polar surface area (TPSA) is 46.2 Å². The first-order valence-corrected chi connectivity index (χ1v) is 6.15. The van der Waals surface area contributed by atoms with Crippen LogP contribution in [0.3, 0.4) is 0 Å². The second kappa shape index (κ2) is 5.80. The van der Waals surface area contributed by atoms with Crippen LogP contribution in [0.15, 0.2) is 18.2 Å². The van der Waals surface area contributed by atoms with E-state index in [1.54, 1.807) is 12.1 Å². The highest BCUT2D eigenvalue weighted by molar-refractivity contribution is 6.30. The van der Waals surface area contributed by atoms with Crippen molar-refractivity contribution < 1.29 is 9.50 Å². The van der Waals surface area contributed by atoms with Crippen LogP contribution in [-0.2, 0) is 5.41 Å². The maximum atomic E-state index is 13.1. The number of aliphatic hydroxyl groups is 1. The summed E-state index contributed by atoms with van der Waals surface area (Å²) >= 11 is 5.79. The molecule has 0 aliphatic carbocycles. The van der Waals surface area contributed by atoms with Crippen LogP contribution < -0.4 is 5.73 Å². The van der Waals surface area contributed by atoms with Gasteiger partial charge in [-0.3, -0.25) is 0 Å². The van der Waals surface area contributed by atoms with E-state index >= 15 is 0 Å². The molecule has 0 aromatic heterocycles. The lowest BCUT2D eigenvalue weighted by atomic mass is 9.73. The molecule has 1 aromatic rings. The van der Waals surface area contributed by atoms with Crippen LogP contribution in [0.1, 0.15) is 32.3 Å². The molecule has 1 aromatic carbocycles. The lowest BCUT2D eigenvalue weighted by Gasteiger charge is -2.35. The molecular formula is C13H19ClFNO. The molecule has 0 bridgehead atoms. The first-order valence-electron chi connectivity index (χ1n) is 5.77. The summed E-state index contributed by atoms with van der Waals surface area (Å²) in [6, 6.07) is 4.53. The van der Waals surface area contributed by atoms with Crippen LogP contribution in [-0.4, -0.2) is 17.8 Å². The predicted molar refractivity (Wildman–Crippen MR) is 68.7 cm³/mol. The Morgan fingerprint density at radius 3 is 2.65 bits per heavy atom. The third-order valence-corrected chi connectivity index (χ3v) is 3.76.